The molecule has 1 saturated heterocycles. The minimum atomic E-state index is -0.678. The molecule has 1 aliphatic heterocycles. The van der Waals surface area contributed by atoms with E-state index in [1.807, 2.05) is 22.6 Å². The van der Waals surface area contributed by atoms with Gasteiger partial charge in [0.1, 0.15) is 17.0 Å². The van der Waals surface area contributed by atoms with Crippen LogP contribution in [0.4, 0.5) is 15.9 Å². The molecule has 0 aliphatic carbocycles. The predicted octanol–water partition coefficient (Wildman–Crippen LogP) is 3.40. The van der Waals surface area contributed by atoms with Gasteiger partial charge in [-0.2, -0.15) is 0 Å². The van der Waals surface area contributed by atoms with E-state index in [4.69, 9.17) is 4.74 Å². The fourth-order valence-electron chi connectivity index (χ4n) is 4.61. The maximum absolute atomic E-state index is 14.7. The Balaban J connectivity index is 1.78. The van der Waals surface area contributed by atoms with Crippen molar-refractivity contribution < 1.29 is 13.9 Å². The topological polar surface area (TPSA) is 104 Å². The zero-order valence-electron chi connectivity index (χ0n) is 20.9. The minimum absolute atomic E-state index is 0.0352. The van der Waals surface area contributed by atoms with Gasteiger partial charge < -0.3 is 10.1 Å². The van der Waals surface area contributed by atoms with E-state index >= 15 is 0 Å². The van der Waals surface area contributed by atoms with Gasteiger partial charge in [-0.15, -0.1) is 0 Å². The van der Waals surface area contributed by atoms with Crippen LogP contribution in [0.15, 0.2) is 56.8 Å². The molecule has 1 aliphatic rings. The van der Waals surface area contributed by atoms with Crippen molar-refractivity contribution in [3.8, 4) is 5.69 Å². The first-order valence-electron chi connectivity index (χ1n) is 11.9. The van der Waals surface area contributed by atoms with Crippen LogP contribution in [-0.4, -0.2) is 32.7 Å². The largest absolute Gasteiger partial charge is 0.381 e. The number of halogens is 2. The summed E-state index contributed by atoms with van der Waals surface area (Å²) in [6, 6.07) is 11.1. The summed E-state index contributed by atoms with van der Waals surface area (Å²) in [4.78, 5) is 53.1. The highest BCUT2D eigenvalue weighted by molar-refractivity contribution is 14.1. The Morgan fingerprint density at radius 3 is 2.47 bits per heavy atom. The van der Waals surface area contributed by atoms with Crippen LogP contribution >= 0.6 is 22.6 Å². The van der Waals surface area contributed by atoms with E-state index in [0.717, 1.165) is 4.57 Å². The maximum atomic E-state index is 14.7. The molecule has 11 heteroatoms. The van der Waals surface area contributed by atoms with Crippen LogP contribution in [0.1, 0.15) is 22.3 Å². The van der Waals surface area contributed by atoms with Gasteiger partial charge in [-0.05, 0) is 59.8 Å². The summed E-state index contributed by atoms with van der Waals surface area (Å²) in [5.41, 5.74) is -0.741. The maximum Gasteiger partial charge on any atom is 0.335 e. The second-order valence-corrected chi connectivity index (χ2v) is 10.6. The lowest BCUT2D eigenvalue weighted by molar-refractivity contribution is -0.0321. The van der Waals surface area contributed by atoms with Crippen LogP contribution in [0.3, 0.4) is 0 Å². The number of aromatic nitrogens is 3. The molecule has 196 valence electrons. The molecular weight excluding hydrogens is 606 g/mol. The number of nitrogens with zero attached hydrogens (tertiary/aromatic N) is 3. The van der Waals surface area contributed by atoms with Crippen LogP contribution in [0.2, 0.25) is 0 Å². The number of rotatable bonds is 6. The second kappa shape index (κ2) is 9.95. The van der Waals surface area contributed by atoms with Gasteiger partial charge in [0.2, 0.25) is 0 Å². The molecule has 0 bridgehead atoms. The van der Waals surface area contributed by atoms with Gasteiger partial charge in [0.25, 0.3) is 11.1 Å². The van der Waals surface area contributed by atoms with Crippen molar-refractivity contribution in [2.45, 2.75) is 13.3 Å². The van der Waals surface area contributed by atoms with E-state index in [-0.39, 0.29) is 39.7 Å². The van der Waals surface area contributed by atoms with Crippen molar-refractivity contribution in [3.05, 3.63) is 94.2 Å². The molecule has 0 saturated carbocycles. The number of ether oxygens (including phenoxy) is 1. The first kappa shape index (κ1) is 26.0. The Labute approximate surface area is 229 Å². The molecule has 9 nitrogen and oxygen atoms in total. The summed E-state index contributed by atoms with van der Waals surface area (Å²) in [5, 5.41) is 2.93. The summed E-state index contributed by atoms with van der Waals surface area (Å²) >= 11 is 1.98. The molecule has 3 heterocycles. The van der Waals surface area contributed by atoms with Gasteiger partial charge in [-0.3, -0.25) is 28.1 Å². The van der Waals surface area contributed by atoms with Gasteiger partial charge >= 0.3 is 5.69 Å². The van der Waals surface area contributed by atoms with Crippen LogP contribution in [0.5, 0.6) is 0 Å². The first-order valence-corrected chi connectivity index (χ1v) is 12.9. The highest BCUT2D eigenvalue weighted by Gasteiger charge is 2.25. The third-order valence-electron chi connectivity index (χ3n) is 6.80. The molecule has 38 heavy (non-hydrogen) atoms. The van der Waals surface area contributed by atoms with Crippen molar-refractivity contribution in [1.29, 1.82) is 0 Å². The average Bonchev–Trinajstić information content (AvgIpc) is 2.87. The van der Waals surface area contributed by atoms with Crippen molar-refractivity contribution in [2.24, 2.45) is 20.0 Å². The first-order chi connectivity index (χ1) is 18.1. The molecule has 2 aromatic carbocycles. The van der Waals surface area contributed by atoms with E-state index in [1.165, 1.54) is 42.3 Å². The van der Waals surface area contributed by atoms with Crippen LogP contribution in [0, 0.1) is 22.2 Å². The molecule has 5 rings (SSSR count). The van der Waals surface area contributed by atoms with E-state index in [2.05, 4.69) is 5.32 Å². The number of benzene rings is 2. The normalized spacial score (nSPS) is 13.5. The summed E-state index contributed by atoms with van der Waals surface area (Å²) in [6.45, 7) is 2.60. The lowest BCUT2D eigenvalue weighted by Crippen LogP contribution is -2.40. The number of nitrogens with one attached hydrogen (secondary N) is 1. The number of ketones is 1. The van der Waals surface area contributed by atoms with E-state index in [9.17, 15) is 23.6 Å². The number of carbonyl (C=O) groups excluding carboxylic acids is 1. The molecule has 0 amide bonds. The molecule has 0 radical (unpaired) electrons. The molecule has 4 aromatic rings. The molecule has 0 unspecified atom stereocenters. The van der Waals surface area contributed by atoms with E-state index in [0.29, 0.717) is 34.5 Å². The van der Waals surface area contributed by atoms with Crippen molar-refractivity contribution in [3.63, 3.8) is 0 Å². The zero-order chi connectivity index (χ0) is 27.3. The fourth-order valence-corrected chi connectivity index (χ4v) is 5.06. The quantitative estimate of drug-likeness (QED) is 0.259. The highest BCUT2D eigenvalue weighted by Crippen LogP contribution is 2.28. The summed E-state index contributed by atoms with van der Waals surface area (Å²) in [7, 11) is 2.81. The molecule has 1 N–H and O–H groups in total. The molecule has 0 atom stereocenters. The van der Waals surface area contributed by atoms with E-state index < -0.39 is 22.6 Å². The third kappa shape index (κ3) is 4.39. The number of carbonyl (C=O) groups is 1. The SMILES string of the molecule is Cc1c(=O)n(C)c(Nc2ccc(I)cc2F)c2c(=O)n(C)c(=O)n(-c3cccc(C(=O)CC4COC4)c3)c12. The van der Waals surface area contributed by atoms with Gasteiger partial charge in [0.15, 0.2) is 5.78 Å². The standard InChI is InChI=1S/C27H24FIN4O5/c1-14-23-22(24(31(2)25(14)35)30-20-8-7-17(29)11-19(20)28)26(36)32(3)27(37)33(23)18-6-4-5-16(10-18)21(34)9-15-12-38-13-15/h4-8,10-11,15,30H,9,12-13H2,1-3H3. The molecule has 0 spiro atoms. The Kier molecular flexibility index (Phi) is 6.82. The van der Waals surface area contributed by atoms with Gasteiger partial charge in [0, 0.05) is 41.1 Å². The van der Waals surface area contributed by atoms with Gasteiger partial charge in [-0.1, -0.05) is 12.1 Å². The van der Waals surface area contributed by atoms with Gasteiger partial charge in [-0.25, -0.2) is 9.18 Å². The Morgan fingerprint density at radius 2 is 1.82 bits per heavy atom. The second-order valence-electron chi connectivity index (χ2n) is 9.37. The van der Waals surface area contributed by atoms with Crippen molar-refractivity contribution in [1.82, 2.24) is 13.7 Å². The minimum Gasteiger partial charge on any atom is -0.381 e. The van der Waals surface area contributed by atoms with Crippen molar-refractivity contribution in [2.75, 3.05) is 18.5 Å². The average molecular weight is 630 g/mol. The van der Waals surface area contributed by atoms with Gasteiger partial charge in [0.05, 0.1) is 30.1 Å². The Bertz CT molecular complexity index is 1800. The highest BCUT2D eigenvalue weighted by atomic mass is 127. The predicted molar refractivity (Wildman–Crippen MR) is 150 cm³/mol. The smallest absolute Gasteiger partial charge is 0.335 e. The van der Waals surface area contributed by atoms with Crippen LogP contribution in [-0.2, 0) is 18.8 Å². The van der Waals surface area contributed by atoms with E-state index in [1.54, 1.807) is 30.3 Å². The number of pyridine rings is 1. The Morgan fingerprint density at radius 1 is 1.08 bits per heavy atom. The lowest BCUT2D eigenvalue weighted by Gasteiger charge is -2.25. The number of hydrogen-bond acceptors (Lipinski definition) is 6. The number of hydrogen-bond donors (Lipinski definition) is 1. The summed E-state index contributed by atoms with van der Waals surface area (Å²) < 4.78 is 24.0. The molecule has 1 fully saturated rings. The Hall–Kier alpha value is -3.58. The summed E-state index contributed by atoms with van der Waals surface area (Å²) in [5.74, 6) is -0.451. The number of fused-ring (bicyclic) bond motifs is 1. The number of Topliss-reactive ketones (excluding diaryl/α,β-unsaturated/α-hetero) is 1. The molecule has 2 aromatic heterocycles. The fraction of sp³-hybridized carbons (Fsp3) is 0.259. The summed E-state index contributed by atoms with van der Waals surface area (Å²) in [6.07, 6.45) is 0.321. The monoisotopic (exact) mass is 630 g/mol. The third-order valence-corrected chi connectivity index (χ3v) is 7.47. The zero-order valence-corrected chi connectivity index (χ0v) is 23.0. The number of aryl methyl sites for hydroxylation is 1. The van der Waals surface area contributed by atoms with Crippen molar-refractivity contribution >= 4 is 50.8 Å². The molecular formula is C27H24FIN4O5. The lowest BCUT2D eigenvalue weighted by atomic mass is 9.97. The van der Waals surface area contributed by atoms with Crippen LogP contribution in [0.25, 0.3) is 16.6 Å². The van der Waals surface area contributed by atoms with Crippen LogP contribution < -0.4 is 22.1 Å². The number of anilines is 2.